The van der Waals surface area contributed by atoms with Crippen LogP contribution in [0.15, 0.2) is 36.5 Å². The molecule has 4 nitrogen and oxygen atoms in total. The summed E-state index contributed by atoms with van der Waals surface area (Å²) in [6.45, 7) is 6.99. The van der Waals surface area contributed by atoms with Gasteiger partial charge in [-0.3, -0.25) is 4.79 Å². The highest BCUT2D eigenvalue weighted by molar-refractivity contribution is 5.96. The molecule has 0 unspecified atom stereocenters. The summed E-state index contributed by atoms with van der Waals surface area (Å²) in [7, 11) is 0. The number of nitrogens with zero attached hydrogens (tertiary/aromatic N) is 3. The zero-order valence-electron chi connectivity index (χ0n) is 13.1. The summed E-state index contributed by atoms with van der Waals surface area (Å²) in [5.41, 5.74) is 4.23. The SMILES string of the molecule is CCn1ncc2c(C(C)C)c(C=O)c(-c3ccccc3)nc21. The molecule has 0 fully saturated rings. The molecule has 2 heterocycles. The van der Waals surface area contributed by atoms with Crippen LogP contribution in [0.3, 0.4) is 0 Å². The molecule has 1 aromatic carbocycles. The van der Waals surface area contributed by atoms with Crippen molar-refractivity contribution in [2.45, 2.75) is 33.2 Å². The Morgan fingerprint density at radius 3 is 2.55 bits per heavy atom. The Hall–Kier alpha value is -2.49. The summed E-state index contributed by atoms with van der Waals surface area (Å²) in [5, 5.41) is 5.38. The van der Waals surface area contributed by atoms with Gasteiger partial charge in [-0.2, -0.15) is 5.10 Å². The van der Waals surface area contributed by atoms with E-state index in [-0.39, 0.29) is 5.92 Å². The van der Waals surface area contributed by atoms with E-state index >= 15 is 0 Å². The normalized spacial score (nSPS) is 11.3. The van der Waals surface area contributed by atoms with Gasteiger partial charge in [-0.15, -0.1) is 0 Å². The Morgan fingerprint density at radius 2 is 1.95 bits per heavy atom. The summed E-state index contributed by atoms with van der Waals surface area (Å²) in [6.07, 6.45) is 2.75. The predicted octanol–water partition coefficient (Wildman–Crippen LogP) is 4.05. The lowest BCUT2D eigenvalue weighted by molar-refractivity contribution is 0.112. The van der Waals surface area contributed by atoms with E-state index in [4.69, 9.17) is 4.98 Å². The first-order chi connectivity index (χ1) is 10.7. The van der Waals surface area contributed by atoms with Gasteiger partial charge in [0.2, 0.25) is 0 Å². The minimum Gasteiger partial charge on any atom is -0.298 e. The molecule has 3 aromatic rings. The molecule has 2 aromatic heterocycles. The minimum atomic E-state index is 0.225. The third kappa shape index (κ3) is 2.21. The number of fused-ring (bicyclic) bond motifs is 1. The van der Waals surface area contributed by atoms with E-state index in [2.05, 4.69) is 18.9 Å². The van der Waals surface area contributed by atoms with E-state index in [1.165, 1.54) is 0 Å². The van der Waals surface area contributed by atoms with Gasteiger partial charge in [-0.1, -0.05) is 44.2 Å². The van der Waals surface area contributed by atoms with Crippen LogP contribution in [-0.4, -0.2) is 21.1 Å². The summed E-state index contributed by atoms with van der Waals surface area (Å²) < 4.78 is 1.88. The molecule has 0 aliphatic carbocycles. The van der Waals surface area contributed by atoms with Gasteiger partial charge in [0.25, 0.3) is 0 Å². The Kier molecular flexibility index (Phi) is 3.75. The van der Waals surface area contributed by atoms with Crippen LogP contribution in [0.25, 0.3) is 22.3 Å². The van der Waals surface area contributed by atoms with Gasteiger partial charge >= 0.3 is 0 Å². The van der Waals surface area contributed by atoms with Gasteiger partial charge in [0.1, 0.15) is 0 Å². The van der Waals surface area contributed by atoms with Gasteiger partial charge in [0, 0.05) is 23.1 Å². The van der Waals surface area contributed by atoms with Crippen LogP contribution in [0.4, 0.5) is 0 Å². The van der Waals surface area contributed by atoms with Crippen molar-refractivity contribution in [3.63, 3.8) is 0 Å². The van der Waals surface area contributed by atoms with E-state index in [1.54, 1.807) is 0 Å². The summed E-state index contributed by atoms with van der Waals surface area (Å²) in [6, 6.07) is 9.85. The number of carbonyl (C=O) groups is 1. The molecule has 0 saturated heterocycles. The van der Waals surface area contributed by atoms with Gasteiger partial charge < -0.3 is 0 Å². The second-order valence-electron chi connectivity index (χ2n) is 5.62. The van der Waals surface area contributed by atoms with E-state index in [9.17, 15) is 4.79 Å². The summed E-state index contributed by atoms with van der Waals surface area (Å²) in [5.74, 6) is 0.225. The highest BCUT2D eigenvalue weighted by atomic mass is 16.1. The Labute approximate surface area is 129 Å². The lowest BCUT2D eigenvalue weighted by Gasteiger charge is -2.15. The number of aromatic nitrogens is 3. The molecule has 0 aliphatic rings. The fraction of sp³-hybridized carbons (Fsp3) is 0.278. The monoisotopic (exact) mass is 293 g/mol. The molecule has 112 valence electrons. The molecule has 0 N–H and O–H groups in total. The summed E-state index contributed by atoms with van der Waals surface area (Å²) >= 11 is 0. The number of hydrogen-bond donors (Lipinski definition) is 0. The third-order valence-corrected chi connectivity index (χ3v) is 3.91. The Balaban J connectivity index is 2.43. The first-order valence-corrected chi connectivity index (χ1v) is 7.57. The molecule has 4 heteroatoms. The molecular weight excluding hydrogens is 274 g/mol. The molecular formula is C18H19N3O. The number of carbonyl (C=O) groups excluding carboxylic acids is 1. The van der Waals surface area contributed by atoms with Crippen molar-refractivity contribution < 1.29 is 4.79 Å². The summed E-state index contributed by atoms with van der Waals surface area (Å²) in [4.78, 5) is 16.5. The van der Waals surface area contributed by atoms with Crippen molar-refractivity contribution >= 4 is 17.3 Å². The van der Waals surface area contributed by atoms with Gasteiger partial charge in [0.05, 0.1) is 11.9 Å². The molecule has 0 radical (unpaired) electrons. The number of pyridine rings is 1. The lowest BCUT2D eigenvalue weighted by atomic mass is 9.92. The minimum absolute atomic E-state index is 0.225. The Morgan fingerprint density at radius 1 is 1.23 bits per heavy atom. The largest absolute Gasteiger partial charge is 0.298 e. The van der Waals surface area contributed by atoms with Crippen molar-refractivity contribution in [1.82, 2.24) is 14.8 Å². The highest BCUT2D eigenvalue weighted by Gasteiger charge is 2.20. The third-order valence-electron chi connectivity index (χ3n) is 3.91. The number of aldehydes is 1. The van der Waals surface area contributed by atoms with Crippen molar-refractivity contribution in [1.29, 1.82) is 0 Å². The van der Waals surface area contributed by atoms with Crippen molar-refractivity contribution in [2.75, 3.05) is 0 Å². The fourth-order valence-corrected chi connectivity index (χ4v) is 2.91. The zero-order chi connectivity index (χ0) is 15.7. The molecule has 22 heavy (non-hydrogen) atoms. The van der Waals surface area contributed by atoms with Crippen LogP contribution in [0.1, 0.15) is 42.6 Å². The number of hydrogen-bond acceptors (Lipinski definition) is 3. The topological polar surface area (TPSA) is 47.8 Å². The van der Waals surface area contributed by atoms with E-state index in [0.29, 0.717) is 5.56 Å². The fourth-order valence-electron chi connectivity index (χ4n) is 2.91. The molecule has 0 saturated carbocycles. The molecule has 0 spiro atoms. The first kappa shape index (κ1) is 14.4. The highest BCUT2D eigenvalue weighted by Crippen LogP contribution is 2.33. The van der Waals surface area contributed by atoms with Crippen LogP contribution >= 0.6 is 0 Å². The molecule has 3 rings (SSSR count). The van der Waals surface area contributed by atoms with Crippen LogP contribution in [0.5, 0.6) is 0 Å². The predicted molar refractivity (Wildman–Crippen MR) is 88.1 cm³/mol. The van der Waals surface area contributed by atoms with E-state index < -0.39 is 0 Å². The van der Waals surface area contributed by atoms with Crippen LogP contribution < -0.4 is 0 Å². The second-order valence-corrected chi connectivity index (χ2v) is 5.62. The zero-order valence-corrected chi connectivity index (χ0v) is 13.1. The molecule has 0 bridgehead atoms. The van der Waals surface area contributed by atoms with Gasteiger partial charge in [-0.25, -0.2) is 9.67 Å². The average molecular weight is 293 g/mol. The van der Waals surface area contributed by atoms with E-state index in [1.807, 2.05) is 48.1 Å². The maximum atomic E-state index is 11.8. The van der Waals surface area contributed by atoms with E-state index in [0.717, 1.165) is 40.7 Å². The molecule has 0 atom stereocenters. The van der Waals surface area contributed by atoms with Crippen molar-refractivity contribution in [2.24, 2.45) is 0 Å². The maximum Gasteiger partial charge on any atom is 0.158 e. The van der Waals surface area contributed by atoms with Crippen LogP contribution in [-0.2, 0) is 6.54 Å². The lowest BCUT2D eigenvalue weighted by Crippen LogP contribution is -2.05. The van der Waals surface area contributed by atoms with Crippen molar-refractivity contribution in [3.05, 3.63) is 47.7 Å². The number of aryl methyl sites for hydroxylation is 1. The van der Waals surface area contributed by atoms with Gasteiger partial charge in [-0.05, 0) is 18.4 Å². The smallest absolute Gasteiger partial charge is 0.158 e. The Bertz CT molecular complexity index is 819. The maximum absolute atomic E-state index is 11.8. The average Bonchev–Trinajstić information content (AvgIpc) is 2.96. The molecule has 0 aliphatic heterocycles. The standard InChI is InChI=1S/C18H19N3O/c1-4-21-18-14(10-19-21)16(12(2)3)15(11-22)17(20-18)13-8-6-5-7-9-13/h5-12H,4H2,1-3H3. The number of benzene rings is 1. The molecule has 0 amide bonds. The van der Waals surface area contributed by atoms with Crippen LogP contribution in [0, 0.1) is 0 Å². The van der Waals surface area contributed by atoms with Crippen molar-refractivity contribution in [3.8, 4) is 11.3 Å². The quantitative estimate of drug-likeness (QED) is 0.682. The van der Waals surface area contributed by atoms with Gasteiger partial charge in [0.15, 0.2) is 11.9 Å². The first-order valence-electron chi connectivity index (χ1n) is 7.57. The van der Waals surface area contributed by atoms with Crippen LogP contribution in [0.2, 0.25) is 0 Å². The number of rotatable bonds is 4. The second kappa shape index (κ2) is 5.72.